The Morgan fingerprint density at radius 1 is 0.853 bits per heavy atom. The molecule has 3 rings (SSSR count). The maximum atomic E-state index is 13.2. The molecule has 2 amide bonds. The number of amides is 2. The van der Waals surface area contributed by atoms with Crippen LogP contribution in [0.3, 0.4) is 0 Å². The van der Waals surface area contributed by atoms with Crippen LogP contribution < -0.4 is 24.8 Å². The molecule has 0 saturated heterocycles. The lowest BCUT2D eigenvalue weighted by Gasteiger charge is -2.15. The molecule has 0 spiro atoms. The molecule has 0 aliphatic rings. The summed E-state index contributed by atoms with van der Waals surface area (Å²) in [4.78, 5) is 26.0. The maximum absolute atomic E-state index is 13.2. The van der Waals surface area contributed by atoms with Crippen molar-refractivity contribution >= 4 is 46.8 Å². The zero-order chi connectivity index (χ0) is 24.7. The van der Waals surface area contributed by atoms with Gasteiger partial charge in [0.15, 0.2) is 11.5 Å². The molecule has 0 unspecified atom stereocenters. The molecule has 34 heavy (non-hydrogen) atoms. The van der Waals surface area contributed by atoms with Crippen LogP contribution in [0.5, 0.6) is 17.2 Å². The number of nitrogens with one attached hydrogen (secondary N) is 2. The second kappa shape index (κ2) is 11.4. The maximum Gasteiger partial charge on any atom is 0.272 e. The van der Waals surface area contributed by atoms with E-state index in [0.717, 1.165) is 0 Å². The summed E-state index contributed by atoms with van der Waals surface area (Å²) in [6, 6.07) is 16.5. The predicted octanol–water partition coefficient (Wildman–Crippen LogP) is 5.43. The molecule has 9 heteroatoms. The Morgan fingerprint density at radius 2 is 1.50 bits per heavy atom. The highest BCUT2D eigenvalue weighted by Crippen LogP contribution is 2.38. The van der Waals surface area contributed by atoms with Gasteiger partial charge in [-0.3, -0.25) is 9.59 Å². The zero-order valence-corrected chi connectivity index (χ0v) is 20.2. The van der Waals surface area contributed by atoms with E-state index in [0.29, 0.717) is 44.1 Å². The molecule has 0 atom stereocenters. The van der Waals surface area contributed by atoms with Crippen LogP contribution in [0.4, 0.5) is 5.69 Å². The molecule has 3 aromatic carbocycles. The number of halogens is 2. The van der Waals surface area contributed by atoms with Gasteiger partial charge in [-0.25, -0.2) is 0 Å². The average molecular weight is 501 g/mol. The first-order chi connectivity index (χ1) is 16.4. The van der Waals surface area contributed by atoms with Gasteiger partial charge >= 0.3 is 0 Å². The molecular weight excluding hydrogens is 479 g/mol. The van der Waals surface area contributed by atoms with Crippen molar-refractivity contribution in [3.63, 3.8) is 0 Å². The topological polar surface area (TPSA) is 85.9 Å². The highest BCUT2D eigenvalue weighted by Gasteiger charge is 2.18. The molecule has 0 bridgehead atoms. The second-order valence-corrected chi connectivity index (χ2v) is 7.76. The van der Waals surface area contributed by atoms with E-state index in [1.54, 1.807) is 54.6 Å². The number of carbonyl (C=O) groups excluding carboxylic acids is 2. The summed E-state index contributed by atoms with van der Waals surface area (Å²) in [6.45, 7) is 0. The summed E-state index contributed by atoms with van der Waals surface area (Å²) in [5.41, 5.74) is 1.15. The van der Waals surface area contributed by atoms with Crippen LogP contribution in [0.2, 0.25) is 10.0 Å². The average Bonchev–Trinajstić information content (AvgIpc) is 2.85. The minimum atomic E-state index is -0.609. The van der Waals surface area contributed by atoms with Gasteiger partial charge in [-0.1, -0.05) is 41.4 Å². The Balaban J connectivity index is 2.03. The van der Waals surface area contributed by atoms with Gasteiger partial charge in [-0.2, -0.15) is 0 Å². The number of hydrogen-bond donors (Lipinski definition) is 2. The number of rotatable bonds is 8. The van der Waals surface area contributed by atoms with Gasteiger partial charge in [0.25, 0.3) is 11.8 Å². The molecule has 0 aliphatic heterocycles. The number of hydrogen-bond acceptors (Lipinski definition) is 5. The lowest BCUT2D eigenvalue weighted by Crippen LogP contribution is -2.30. The van der Waals surface area contributed by atoms with Gasteiger partial charge in [0.05, 0.1) is 32.0 Å². The van der Waals surface area contributed by atoms with Crippen molar-refractivity contribution in [2.45, 2.75) is 0 Å². The monoisotopic (exact) mass is 500 g/mol. The molecule has 3 aromatic rings. The molecule has 176 valence electrons. The SMILES string of the molecule is COc1cc(C=C(NC(=O)c2ccccc2)C(=O)Nc2cc(Cl)ccc2Cl)cc(OC)c1OC. The number of methoxy groups -OCH3 is 3. The summed E-state index contributed by atoms with van der Waals surface area (Å²) in [7, 11) is 4.46. The first-order valence-corrected chi connectivity index (χ1v) is 10.8. The quantitative estimate of drug-likeness (QED) is 0.402. The Bertz CT molecular complexity index is 1200. The summed E-state index contributed by atoms with van der Waals surface area (Å²) in [5, 5.41) is 6.03. The van der Waals surface area contributed by atoms with E-state index in [2.05, 4.69) is 10.6 Å². The van der Waals surface area contributed by atoms with Crippen LogP contribution >= 0.6 is 23.2 Å². The Hall–Kier alpha value is -3.68. The molecule has 0 saturated carbocycles. The third-order valence-corrected chi connectivity index (χ3v) is 5.27. The predicted molar refractivity (Wildman–Crippen MR) is 133 cm³/mol. The van der Waals surface area contributed by atoms with Crippen molar-refractivity contribution in [3.8, 4) is 17.2 Å². The summed E-state index contributed by atoms with van der Waals surface area (Å²) in [5.74, 6) is 0.0984. The second-order valence-electron chi connectivity index (χ2n) is 6.92. The van der Waals surface area contributed by atoms with Crippen LogP contribution in [0, 0.1) is 0 Å². The van der Waals surface area contributed by atoms with Crippen LogP contribution in [-0.2, 0) is 4.79 Å². The summed E-state index contributed by atoms with van der Waals surface area (Å²) >= 11 is 12.2. The molecule has 0 heterocycles. The van der Waals surface area contributed by atoms with Gasteiger partial charge in [0.2, 0.25) is 5.75 Å². The molecule has 2 N–H and O–H groups in total. The number of ether oxygens (including phenoxy) is 3. The molecule has 7 nitrogen and oxygen atoms in total. The number of carbonyl (C=O) groups is 2. The smallest absolute Gasteiger partial charge is 0.272 e. The first-order valence-electron chi connectivity index (χ1n) is 10.0. The number of anilines is 1. The third-order valence-electron chi connectivity index (χ3n) is 4.70. The van der Waals surface area contributed by atoms with E-state index in [1.165, 1.54) is 33.5 Å². The van der Waals surface area contributed by atoms with Crippen LogP contribution in [-0.4, -0.2) is 33.1 Å². The Labute approximate surface area is 207 Å². The fourth-order valence-electron chi connectivity index (χ4n) is 3.08. The molecule has 0 aliphatic carbocycles. The van der Waals surface area contributed by atoms with E-state index in [9.17, 15) is 9.59 Å². The van der Waals surface area contributed by atoms with Crippen molar-refractivity contribution in [2.75, 3.05) is 26.6 Å². The first kappa shape index (κ1) is 25.0. The number of benzene rings is 3. The van der Waals surface area contributed by atoms with Crippen molar-refractivity contribution in [1.82, 2.24) is 5.32 Å². The fourth-order valence-corrected chi connectivity index (χ4v) is 3.41. The summed E-state index contributed by atoms with van der Waals surface area (Å²) in [6.07, 6.45) is 1.49. The fraction of sp³-hybridized carbons (Fsp3) is 0.120. The molecule has 0 radical (unpaired) electrons. The Kier molecular flexibility index (Phi) is 8.40. The molecular formula is C25H22Cl2N2O5. The molecule has 0 fully saturated rings. The third kappa shape index (κ3) is 6.01. The van der Waals surface area contributed by atoms with Gasteiger partial charge in [-0.15, -0.1) is 0 Å². The van der Waals surface area contributed by atoms with Crippen LogP contribution in [0.25, 0.3) is 6.08 Å². The minimum absolute atomic E-state index is 0.0424. The largest absolute Gasteiger partial charge is 0.493 e. The van der Waals surface area contributed by atoms with Gasteiger partial charge in [-0.05, 0) is 54.1 Å². The van der Waals surface area contributed by atoms with Gasteiger partial charge in [0.1, 0.15) is 5.70 Å². The van der Waals surface area contributed by atoms with Crippen molar-refractivity contribution < 1.29 is 23.8 Å². The molecule has 0 aromatic heterocycles. The standard InChI is InChI=1S/C25H22Cl2N2O5/c1-32-21-12-15(13-22(33-2)23(21)34-3)11-20(29-24(30)16-7-5-4-6-8-16)25(31)28-19-14-17(26)9-10-18(19)27/h4-14H,1-3H3,(H,28,31)(H,29,30). The van der Waals surface area contributed by atoms with E-state index in [4.69, 9.17) is 37.4 Å². The Morgan fingerprint density at radius 3 is 2.09 bits per heavy atom. The van der Waals surface area contributed by atoms with E-state index in [-0.39, 0.29) is 5.70 Å². The lowest BCUT2D eigenvalue weighted by atomic mass is 10.1. The zero-order valence-electron chi connectivity index (χ0n) is 18.6. The van der Waals surface area contributed by atoms with E-state index < -0.39 is 11.8 Å². The summed E-state index contributed by atoms with van der Waals surface area (Å²) < 4.78 is 16.1. The van der Waals surface area contributed by atoms with Crippen molar-refractivity contribution in [1.29, 1.82) is 0 Å². The van der Waals surface area contributed by atoms with Crippen LogP contribution in [0.15, 0.2) is 66.4 Å². The highest BCUT2D eigenvalue weighted by molar-refractivity contribution is 6.36. The minimum Gasteiger partial charge on any atom is -0.493 e. The van der Waals surface area contributed by atoms with Crippen molar-refractivity contribution in [2.24, 2.45) is 0 Å². The highest BCUT2D eigenvalue weighted by atomic mass is 35.5. The normalized spacial score (nSPS) is 10.9. The van der Waals surface area contributed by atoms with Crippen LogP contribution in [0.1, 0.15) is 15.9 Å². The van der Waals surface area contributed by atoms with E-state index in [1.807, 2.05) is 0 Å². The van der Waals surface area contributed by atoms with E-state index >= 15 is 0 Å². The van der Waals surface area contributed by atoms with Gasteiger partial charge < -0.3 is 24.8 Å². The van der Waals surface area contributed by atoms with Crippen molar-refractivity contribution in [3.05, 3.63) is 87.5 Å². The van der Waals surface area contributed by atoms with Gasteiger partial charge in [0, 0.05) is 10.6 Å². The lowest BCUT2D eigenvalue weighted by molar-refractivity contribution is -0.113.